The van der Waals surface area contributed by atoms with Gasteiger partial charge in [0.15, 0.2) is 0 Å². The molecular formula is C17H17N3O5. The van der Waals surface area contributed by atoms with Gasteiger partial charge in [0.05, 0.1) is 11.5 Å². The Balaban J connectivity index is 1.80. The van der Waals surface area contributed by atoms with Crippen molar-refractivity contribution in [3.05, 3.63) is 60.6 Å². The average Bonchev–Trinajstić information content (AvgIpc) is 2.94. The lowest BCUT2D eigenvalue weighted by Gasteiger charge is -2.24. The maximum Gasteiger partial charge on any atom is 0.270 e. The Bertz CT molecular complexity index is 1040. The van der Waals surface area contributed by atoms with Gasteiger partial charge in [-0.25, -0.2) is 0 Å². The third kappa shape index (κ3) is 3.23. The highest BCUT2D eigenvalue weighted by atomic mass is 16.6. The van der Waals surface area contributed by atoms with Gasteiger partial charge in [-0.3, -0.25) is 19.7 Å². The molecule has 3 rings (SSSR count). The Kier molecular flexibility index (Phi) is 3.82. The molecule has 0 unspecified atom stereocenters. The number of furan rings is 1. The van der Waals surface area contributed by atoms with E-state index in [1.807, 2.05) is 20.8 Å². The smallest absolute Gasteiger partial charge is 0.270 e. The second-order valence-corrected chi connectivity index (χ2v) is 6.83. The van der Waals surface area contributed by atoms with E-state index in [4.69, 9.17) is 4.42 Å². The van der Waals surface area contributed by atoms with Crippen molar-refractivity contribution in [2.24, 2.45) is 0 Å². The van der Waals surface area contributed by atoms with Crippen LogP contribution in [0.5, 0.6) is 0 Å². The number of nitro benzene ring substituents is 1. The van der Waals surface area contributed by atoms with E-state index in [-0.39, 0.29) is 29.1 Å². The highest BCUT2D eigenvalue weighted by molar-refractivity contribution is 5.81. The fraction of sp³-hybridized carbons (Fsp3) is 0.294. The molecule has 8 heteroatoms. The summed E-state index contributed by atoms with van der Waals surface area (Å²) in [6.07, 6.45) is 0. The van der Waals surface area contributed by atoms with E-state index in [0.717, 1.165) is 0 Å². The minimum atomic E-state index is -0.571. The maximum absolute atomic E-state index is 11.8. The predicted octanol–water partition coefficient (Wildman–Crippen LogP) is 2.76. The second-order valence-electron chi connectivity index (χ2n) is 6.83. The van der Waals surface area contributed by atoms with E-state index in [2.05, 4.69) is 10.6 Å². The van der Waals surface area contributed by atoms with E-state index in [0.29, 0.717) is 16.7 Å². The van der Waals surface area contributed by atoms with Crippen LogP contribution in [0, 0.1) is 10.1 Å². The van der Waals surface area contributed by atoms with Gasteiger partial charge in [0.25, 0.3) is 16.5 Å². The van der Waals surface area contributed by atoms with Crippen molar-refractivity contribution in [1.82, 2.24) is 0 Å². The van der Waals surface area contributed by atoms with Gasteiger partial charge < -0.3 is 15.1 Å². The highest BCUT2D eigenvalue weighted by Gasteiger charge is 2.24. The molecule has 3 aromatic rings. The number of anilines is 2. The summed E-state index contributed by atoms with van der Waals surface area (Å²) in [6.45, 7) is 5.85. The SMILES string of the molecule is CC(C)(C)Nc1c(NCc2cc3cc([N+](=O)[O-])ccc3o2)c(=O)c1=O. The standard InChI is InChI=1S/C17H17N3O5/c1-17(2,3)19-14-13(15(21)16(14)22)18-8-11-7-9-6-10(20(23)24)4-5-12(9)25-11/h4-7,18-19H,8H2,1-3H3. The van der Waals surface area contributed by atoms with Crippen LogP contribution in [0.25, 0.3) is 11.0 Å². The van der Waals surface area contributed by atoms with Crippen LogP contribution in [0.15, 0.2) is 38.3 Å². The largest absolute Gasteiger partial charge is 0.459 e. The Morgan fingerprint density at radius 2 is 1.80 bits per heavy atom. The normalized spacial score (nSPS) is 11.8. The third-order valence-corrected chi connectivity index (χ3v) is 3.61. The van der Waals surface area contributed by atoms with Crippen molar-refractivity contribution in [1.29, 1.82) is 0 Å². The molecule has 1 heterocycles. The quantitative estimate of drug-likeness (QED) is 0.416. The Labute approximate surface area is 142 Å². The summed E-state index contributed by atoms with van der Waals surface area (Å²) < 4.78 is 5.60. The van der Waals surface area contributed by atoms with Gasteiger partial charge in [-0.1, -0.05) is 0 Å². The Hall–Kier alpha value is -3.16. The van der Waals surface area contributed by atoms with Crippen LogP contribution in [0.3, 0.4) is 0 Å². The van der Waals surface area contributed by atoms with Crippen molar-refractivity contribution in [2.45, 2.75) is 32.9 Å². The molecule has 0 amide bonds. The zero-order valence-corrected chi connectivity index (χ0v) is 14.0. The van der Waals surface area contributed by atoms with E-state index in [9.17, 15) is 19.7 Å². The average molecular weight is 343 g/mol. The molecule has 0 aliphatic rings. The molecule has 2 aromatic carbocycles. The number of nitro groups is 1. The summed E-state index contributed by atoms with van der Waals surface area (Å²) in [5, 5.41) is 17.3. The fourth-order valence-corrected chi connectivity index (χ4v) is 2.52. The van der Waals surface area contributed by atoms with Crippen LogP contribution in [0.1, 0.15) is 26.5 Å². The summed E-state index contributed by atoms with van der Waals surface area (Å²) in [5.74, 6) is 0.505. The molecule has 0 atom stereocenters. The zero-order valence-electron chi connectivity index (χ0n) is 14.0. The van der Waals surface area contributed by atoms with Gasteiger partial charge in [-0.15, -0.1) is 0 Å². The first-order valence-electron chi connectivity index (χ1n) is 7.68. The molecule has 130 valence electrons. The van der Waals surface area contributed by atoms with Crippen molar-refractivity contribution < 1.29 is 9.34 Å². The van der Waals surface area contributed by atoms with Crippen molar-refractivity contribution >= 4 is 28.0 Å². The van der Waals surface area contributed by atoms with E-state index < -0.39 is 15.8 Å². The number of hydrogen-bond donors (Lipinski definition) is 2. The van der Waals surface area contributed by atoms with E-state index in [1.54, 1.807) is 6.07 Å². The predicted molar refractivity (Wildman–Crippen MR) is 94.9 cm³/mol. The molecule has 2 N–H and O–H groups in total. The molecule has 0 fully saturated rings. The van der Waals surface area contributed by atoms with Crippen LogP contribution < -0.4 is 21.5 Å². The molecule has 1 aromatic heterocycles. The third-order valence-electron chi connectivity index (χ3n) is 3.61. The van der Waals surface area contributed by atoms with Gasteiger partial charge in [0.2, 0.25) is 0 Å². The molecule has 0 spiro atoms. The summed E-state index contributed by atoms with van der Waals surface area (Å²) >= 11 is 0. The lowest BCUT2D eigenvalue weighted by Crippen LogP contribution is -2.41. The first-order chi connectivity index (χ1) is 11.7. The van der Waals surface area contributed by atoms with Crippen molar-refractivity contribution in [3.63, 3.8) is 0 Å². The lowest BCUT2D eigenvalue weighted by molar-refractivity contribution is -0.384. The number of non-ortho nitro benzene ring substituents is 1. The number of nitrogens with zero attached hydrogens (tertiary/aromatic N) is 1. The molecule has 0 saturated carbocycles. The van der Waals surface area contributed by atoms with Crippen LogP contribution in [0.4, 0.5) is 17.1 Å². The molecule has 0 aliphatic heterocycles. The summed E-state index contributed by atoms with van der Waals surface area (Å²) in [6, 6.07) is 5.98. The summed E-state index contributed by atoms with van der Waals surface area (Å²) in [4.78, 5) is 33.8. The Morgan fingerprint density at radius 3 is 2.44 bits per heavy atom. The minimum absolute atomic E-state index is 0.0213. The first-order valence-corrected chi connectivity index (χ1v) is 7.68. The monoisotopic (exact) mass is 343 g/mol. The van der Waals surface area contributed by atoms with Crippen LogP contribution in [-0.2, 0) is 6.54 Å². The van der Waals surface area contributed by atoms with Gasteiger partial charge in [0.1, 0.15) is 22.7 Å². The van der Waals surface area contributed by atoms with Crippen molar-refractivity contribution in [3.8, 4) is 0 Å². The summed E-state index contributed by atoms with van der Waals surface area (Å²) in [7, 11) is 0. The van der Waals surface area contributed by atoms with Crippen molar-refractivity contribution in [2.75, 3.05) is 10.6 Å². The zero-order chi connectivity index (χ0) is 18.4. The number of hydrogen-bond acceptors (Lipinski definition) is 7. The second kappa shape index (κ2) is 5.73. The highest BCUT2D eigenvalue weighted by Crippen LogP contribution is 2.25. The molecule has 8 nitrogen and oxygen atoms in total. The molecule has 0 saturated heterocycles. The molecule has 0 aliphatic carbocycles. The molecule has 0 radical (unpaired) electrons. The summed E-state index contributed by atoms with van der Waals surface area (Å²) in [5.41, 5.74) is -0.476. The Morgan fingerprint density at radius 1 is 1.12 bits per heavy atom. The lowest BCUT2D eigenvalue weighted by atomic mass is 10.1. The molecular weight excluding hydrogens is 326 g/mol. The van der Waals surface area contributed by atoms with Crippen LogP contribution >= 0.6 is 0 Å². The van der Waals surface area contributed by atoms with Gasteiger partial charge in [0, 0.05) is 23.1 Å². The number of fused-ring (bicyclic) bond motifs is 1. The molecule has 0 bridgehead atoms. The van der Waals surface area contributed by atoms with E-state index >= 15 is 0 Å². The van der Waals surface area contributed by atoms with E-state index in [1.165, 1.54) is 18.2 Å². The number of nitrogens with one attached hydrogen (secondary N) is 2. The van der Waals surface area contributed by atoms with Gasteiger partial charge >= 0.3 is 0 Å². The topological polar surface area (TPSA) is 114 Å². The minimum Gasteiger partial charge on any atom is -0.459 e. The van der Waals surface area contributed by atoms with Crippen LogP contribution in [-0.4, -0.2) is 10.5 Å². The molecule has 25 heavy (non-hydrogen) atoms. The van der Waals surface area contributed by atoms with Gasteiger partial charge in [-0.05, 0) is 32.9 Å². The van der Waals surface area contributed by atoms with Crippen LogP contribution in [0.2, 0.25) is 0 Å². The number of rotatable bonds is 5. The maximum atomic E-state index is 11.8. The fourth-order valence-electron chi connectivity index (χ4n) is 2.52. The first kappa shape index (κ1) is 16.7. The number of benzene rings is 1. The van der Waals surface area contributed by atoms with Gasteiger partial charge in [-0.2, -0.15) is 0 Å².